The molecule has 0 fully saturated rings. The van der Waals surface area contributed by atoms with Crippen LogP contribution in [-0.2, 0) is 0 Å². The van der Waals surface area contributed by atoms with Gasteiger partial charge in [-0.15, -0.1) is 0 Å². The van der Waals surface area contributed by atoms with Crippen LogP contribution in [0, 0.1) is 0 Å². The van der Waals surface area contributed by atoms with Crippen LogP contribution >= 0.6 is 11.8 Å². The first-order chi connectivity index (χ1) is 9.15. The van der Waals surface area contributed by atoms with E-state index in [-0.39, 0.29) is 0 Å². The Labute approximate surface area is 119 Å². The molecule has 0 saturated heterocycles. The Bertz CT molecular complexity index is 375. The molecule has 0 aromatic carbocycles. The molecule has 19 heavy (non-hydrogen) atoms. The largest absolute Gasteiger partial charge is 0.463 e. The Hall–Kier alpha value is -1.08. The molecular weight excluding hydrogens is 262 g/mol. The number of thioether (sulfide) groups is 1. The van der Waals surface area contributed by atoms with Crippen LogP contribution in [0.2, 0.25) is 0 Å². The van der Waals surface area contributed by atoms with Crippen molar-refractivity contribution in [2.24, 2.45) is 0 Å². The van der Waals surface area contributed by atoms with Crippen molar-refractivity contribution in [3.63, 3.8) is 0 Å². The normalized spacial score (nSPS) is 10.8. The molecule has 0 bridgehead atoms. The zero-order valence-electron chi connectivity index (χ0n) is 12.1. The first kappa shape index (κ1) is 16.0. The van der Waals surface area contributed by atoms with Crippen molar-refractivity contribution >= 4 is 17.7 Å². The number of anilines is 1. The van der Waals surface area contributed by atoms with Crippen molar-refractivity contribution in [3.8, 4) is 6.01 Å². The zero-order valence-corrected chi connectivity index (χ0v) is 13.0. The van der Waals surface area contributed by atoms with Crippen LogP contribution in [-0.4, -0.2) is 59.4 Å². The fourth-order valence-electron chi connectivity index (χ4n) is 1.22. The molecule has 1 N–H and O–H groups in total. The summed E-state index contributed by atoms with van der Waals surface area (Å²) in [5.41, 5.74) is 0. The van der Waals surface area contributed by atoms with Gasteiger partial charge in [-0.05, 0) is 27.4 Å². The van der Waals surface area contributed by atoms with E-state index in [4.69, 9.17) is 4.74 Å². The van der Waals surface area contributed by atoms with Crippen LogP contribution < -0.4 is 10.1 Å². The van der Waals surface area contributed by atoms with Gasteiger partial charge >= 0.3 is 6.01 Å². The fourth-order valence-corrected chi connectivity index (χ4v) is 2.15. The van der Waals surface area contributed by atoms with E-state index in [0.29, 0.717) is 23.7 Å². The maximum Gasteiger partial charge on any atom is 0.322 e. The first-order valence-electron chi connectivity index (χ1n) is 6.56. The lowest BCUT2D eigenvalue weighted by atomic mass is 10.5. The highest BCUT2D eigenvalue weighted by Crippen LogP contribution is 2.17. The molecule has 0 saturated carbocycles. The molecule has 1 aromatic heterocycles. The van der Waals surface area contributed by atoms with Crippen molar-refractivity contribution in [2.45, 2.75) is 25.4 Å². The molecule has 1 aromatic rings. The molecule has 0 amide bonds. The van der Waals surface area contributed by atoms with E-state index in [2.05, 4.69) is 32.1 Å². The number of ether oxygens (including phenoxy) is 1. The number of hydrogen-bond donors (Lipinski definition) is 1. The summed E-state index contributed by atoms with van der Waals surface area (Å²) in [5.74, 6) is 1.52. The SMILES string of the molecule is CCCOc1nc(NCC)nc(SCCN(C)C)n1. The smallest absolute Gasteiger partial charge is 0.322 e. The summed E-state index contributed by atoms with van der Waals surface area (Å²) in [5, 5.41) is 3.81. The fraction of sp³-hybridized carbons (Fsp3) is 0.750. The maximum atomic E-state index is 5.48. The van der Waals surface area contributed by atoms with Gasteiger partial charge in [0.1, 0.15) is 0 Å². The summed E-state index contributed by atoms with van der Waals surface area (Å²) in [6.45, 7) is 6.45. The standard InChI is InChI=1S/C12H23N5OS/c1-5-8-18-11-14-10(13-6-2)15-12(16-11)19-9-7-17(3)4/h5-9H2,1-4H3,(H,13,14,15,16). The first-order valence-corrected chi connectivity index (χ1v) is 7.54. The molecule has 0 radical (unpaired) electrons. The Kier molecular flexibility index (Phi) is 7.50. The summed E-state index contributed by atoms with van der Waals surface area (Å²) in [6, 6.07) is 0.403. The van der Waals surface area contributed by atoms with Gasteiger partial charge in [-0.1, -0.05) is 18.7 Å². The predicted molar refractivity (Wildman–Crippen MR) is 79.1 cm³/mol. The molecule has 1 heterocycles. The highest BCUT2D eigenvalue weighted by atomic mass is 32.2. The third kappa shape index (κ3) is 6.58. The Balaban J connectivity index is 2.68. The van der Waals surface area contributed by atoms with Crippen LogP contribution in [0.3, 0.4) is 0 Å². The number of nitrogens with one attached hydrogen (secondary N) is 1. The van der Waals surface area contributed by atoms with Crippen LogP contribution in [0.5, 0.6) is 6.01 Å². The van der Waals surface area contributed by atoms with E-state index >= 15 is 0 Å². The van der Waals surface area contributed by atoms with Gasteiger partial charge in [0.25, 0.3) is 0 Å². The lowest BCUT2D eigenvalue weighted by Crippen LogP contribution is -2.15. The van der Waals surface area contributed by atoms with E-state index in [1.165, 1.54) is 0 Å². The van der Waals surface area contributed by atoms with E-state index in [0.717, 1.165) is 25.3 Å². The second-order valence-electron chi connectivity index (χ2n) is 4.25. The van der Waals surface area contributed by atoms with Gasteiger partial charge in [-0.25, -0.2) is 0 Å². The van der Waals surface area contributed by atoms with Crippen molar-refractivity contribution in [3.05, 3.63) is 0 Å². The van der Waals surface area contributed by atoms with E-state index < -0.39 is 0 Å². The Morgan fingerprint density at radius 3 is 2.63 bits per heavy atom. The molecule has 0 aliphatic rings. The average molecular weight is 285 g/mol. The van der Waals surface area contributed by atoms with Crippen LogP contribution in [0.1, 0.15) is 20.3 Å². The highest BCUT2D eigenvalue weighted by molar-refractivity contribution is 7.99. The second-order valence-corrected chi connectivity index (χ2v) is 5.32. The van der Waals surface area contributed by atoms with Gasteiger partial charge in [0.15, 0.2) is 5.16 Å². The average Bonchev–Trinajstić information content (AvgIpc) is 2.36. The van der Waals surface area contributed by atoms with Gasteiger partial charge in [-0.3, -0.25) is 0 Å². The molecule has 0 unspecified atom stereocenters. The molecule has 0 aliphatic carbocycles. The van der Waals surface area contributed by atoms with Gasteiger partial charge in [0.2, 0.25) is 5.95 Å². The monoisotopic (exact) mass is 285 g/mol. The van der Waals surface area contributed by atoms with E-state index in [1.807, 2.05) is 21.0 Å². The summed E-state index contributed by atoms with van der Waals surface area (Å²) in [7, 11) is 4.10. The summed E-state index contributed by atoms with van der Waals surface area (Å²) in [6.07, 6.45) is 0.936. The minimum absolute atomic E-state index is 0.403. The number of rotatable bonds is 9. The molecule has 0 spiro atoms. The van der Waals surface area contributed by atoms with Crippen molar-refractivity contribution < 1.29 is 4.74 Å². The highest BCUT2D eigenvalue weighted by Gasteiger charge is 2.07. The van der Waals surface area contributed by atoms with Gasteiger partial charge in [0, 0.05) is 18.8 Å². The predicted octanol–water partition coefficient (Wildman–Crippen LogP) is 1.75. The van der Waals surface area contributed by atoms with Crippen LogP contribution in [0.25, 0.3) is 0 Å². The quantitative estimate of drug-likeness (QED) is 0.693. The van der Waals surface area contributed by atoms with Crippen molar-refractivity contribution in [1.29, 1.82) is 0 Å². The minimum Gasteiger partial charge on any atom is -0.463 e. The molecule has 108 valence electrons. The third-order valence-electron chi connectivity index (χ3n) is 2.13. The molecule has 6 nitrogen and oxygen atoms in total. The topological polar surface area (TPSA) is 63.2 Å². The second kappa shape index (κ2) is 8.92. The summed E-state index contributed by atoms with van der Waals surface area (Å²) >= 11 is 1.61. The molecular formula is C12H23N5OS. The zero-order chi connectivity index (χ0) is 14.1. The summed E-state index contributed by atoms with van der Waals surface area (Å²) < 4.78 is 5.48. The van der Waals surface area contributed by atoms with Crippen LogP contribution in [0.4, 0.5) is 5.95 Å². The molecule has 7 heteroatoms. The maximum absolute atomic E-state index is 5.48. The number of nitrogens with zero attached hydrogens (tertiary/aromatic N) is 4. The minimum atomic E-state index is 0.403. The lowest BCUT2D eigenvalue weighted by molar-refractivity contribution is 0.288. The van der Waals surface area contributed by atoms with Crippen molar-refractivity contribution in [2.75, 3.05) is 44.9 Å². The lowest BCUT2D eigenvalue weighted by Gasteiger charge is -2.10. The number of aromatic nitrogens is 3. The van der Waals surface area contributed by atoms with E-state index in [1.54, 1.807) is 11.8 Å². The van der Waals surface area contributed by atoms with Crippen molar-refractivity contribution in [1.82, 2.24) is 19.9 Å². The molecule has 0 aliphatic heterocycles. The van der Waals surface area contributed by atoms with Gasteiger partial charge in [-0.2, -0.15) is 15.0 Å². The Morgan fingerprint density at radius 2 is 2.00 bits per heavy atom. The summed E-state index contributed by atoms with van der Waals surface area (Å²) in [4.78, 5) is 15.0. The third-order valence-corrected chi connectivity index (χ3v) is 2.96. The number of hydrogen-bond acceptors (Lipinski definition) is 7. The van der Waals surface area contributed by atoms with E-state index in [9.17, 15) is 0 Å². The molecule has 0 atom stereocenters. The Morgan fingerprint density at radius 1 is 1.21 bits per heavy atom. The van der Waals surface area contributed by atoms with Gasteiger partial charge < -0.3 is 15.0 Å². The van der Waals surface area contributed by atoms with Crippen LogP contribution in [0.15, 0.2) is 5.16 Å². The van der Waals surface area contributed by atoms with Gasteiger partial charge in [0.05, 0.1) is 6.61 Å². The molecule has 1 rings (SSSR count).